The average molecular weight is 370 g/mol. The van der Waals surface area contributed by atoms with Crippen LogP contribution >= 0.6 is 23.4 Å². The lowest BCUT2D eigenvalue weighted by Crippen LogP contribution is -2.17. The standard InChI is InChI=1S/C16H13ClFNO2S2/c1-23(20,21)16-7-2-11(8-14(16)18)15-9-22-10-19(15)13-5-3-12(17)4-6-13/h2-9H,10H2,1H3. The lowest BCUT2D eigenvalue weighted by molar-refractivity contribution is 0.570. The molecule has 0 aliphatic carbocycles. The Hall–Kier alpha value is -1.50. The molecule has 0 fully saturated rings. The number of rotatable bonds is 3. The van der Waals surface area contributed by atoms with E-state index in [0.717, 1.165) is 17.6 Å². The fraction of sp³-hybridized carbons (Fsp3) is 0.125. The lowest BCUT2D eigenvalue weighted by Gasteiger charge is -2.22. The van der Waals surface area contributed by atoms with Crippen molar-refractivity contribution in [3.8, 4) is 0 Å². The van der Waals surface area contributed by atoms with Crippen molar-refractivity contribution in [3.05, 3.63) is 64.3 Å². The van der Waals surface area contributed by atoms with Gasteiger partial charge >= 0.3 is 0 Å². The molecule has 23 heavy (non-hydrogen) atoms. The van der Waals surface area contributed by atoms with Crippen molar-refractivity contribution < 1.29 is 12.8 Å². The van der Waals surface area contributed by atoms with Gasteiger partial charge in [0.05, 0.1) is 11.6 Å². The van der Waals surface area contributed by atoms with Crippen molar-refractivity contribution in [2.24, 2.45) is 0 Å². The van der Waals surface area contributed by atoms with Crippen molar-refractivity contribution in [2.75, 3.05) is 17.0 Å². The Balaban J connectivity index is 1.97. The summed E-state index contributed by atoms with van der Waals surface area (Å²) >= 11 is 7.50. The first-order chi connectivity index (χ1) is 10.9. The third-order valence-corrected chi connectivity index (χ3v) is 5.63. The van der Waals surface area contributed by atoms with Gasteiger partial charge in [0, 0.05) is 22.5 Å². The first kappa shape index (κ1) is 16.4. The second-order valence-electron chi connectivity index (χ2n) is 5.12. The smallest absolute Gasteiger partial charge is 0.178 e. The van der Waals surface area contributed by atoms with Gasteiger partial charge in [-0.1, -0.05) is 17.7 Å². The first-order valence-electron chi connectivity index (χ1n) is 6.71. The fourth-order valence-electron chi connectivity index (χ4n) is 2.34. The third-order valence-electron chi connectivity index (χ3n) is 3.45. The summed E-state index contributed by atoms with van der Waals surface area (Å²) < 4.78 is 37.2. The van der Waals surface area contributed by atoms with Crippen LogP contribution in [-0.4, -0.2) is 20.6 Å². The van der Waals surface area contributed by atoms with Crippen molar-refractivity contribution in [1.29, 1.82) is 0 Å². The van der Waals surface area contributed by atoms with Crippen LogP contribution in [0.5, 0.6) is 0 Å². The second-order valence-corrected chi connectivity index (χ2v) is 8.37. The summed E-state index contributed by atoms with van der Waals surface area (Å²) in [6.07, 6.45) is 0.996. The topological polar surface area (TPSA) is 37.4 Å². The molecule has 3 rings (SSSR count). The zero-order valence-electron chi connectivity index (χ0n) is 12.2. The van der Waals surface area contributed by atoms with Crippen molar-refractivity contribution in [3.63, 3.8) is 0 Å². The highest BCUT2D eigenvalue weighted by Gasteiger charge is 2.21. The van der Waals surface area contributed by atoms with Gasteiger partial charge < -0.3 is 4.90 Å². The number of halogens is 2. The predicted molar refractivity (Wildman–Crippen MR) is 93.9 cm³/mol. The van der Waals surface area contributed by atoms with Crippen LogP contribution in [0.1, 0.15) is 5.56 Å². The molecule has 1 aliphatic heterocycles. The SMILES string of the molecule is CS(=O)(=O)c1ccc(C2=CSCN2c2ccc(Cl)cc2)cc1F. The molecule has 0 saturated heterocycles. The molecule has 0 saturated carbocycles. The molecule has 1 heterocycles. The maximum atomic E-state index is 14.1. The maximum absolute atomic E-state index is 14.1. The summed E-state index contributed by atoms with van der Waals surface area (Å²) in [5, 5.41) is 2.58. The summed E-state index contributed by atoms with van der Waals surface area (Å²) in [5.41, 5.74) is 2.41. The van der Waals surface area contributed by atoms with Gasteiger partial charge in [0.1, 0.15) is 10.7 Å². The molecular weight excluding hydrogens is 357 g/mol. The van der Waals surface area contributed by atoms with Gasteiger partial charge in [0.25, 0.3) is 0 Å². The summed E-state index contributed by atoms with van der Waals surface area (Å²) in [6, 6.07) is 11.6. The van der Waals surface area contributed by atoms with Crippen molar-refractivity contribution in [1.82, 2.24) is 0 Å². The molecule has 2 aromatic carbocycles. The number of anilines is 1. The van der Waals surface area contributed by atoms with E-state index < -0.39 is 15.7 Å². The number of sulfone groups is 1. The lowest BCUT2D eigenvalue weighted by atomic mass is 10.1. The summed E-state index contributed by atoms with van der Waals surface area (Å²) in [4.78, 5) is 1.74. The summed E-state index contributed by atoms with van der Waals surface area (Å²) in [7, 11) is -3.57. The molecule has 0 N–H and O–H groups in total. The largest absolute Gasteiger partial charge is 0.330 e. The Morgan fingerprint density at radius 2 is 1.87 bits per heavy atom. The van der Waals surface area contributed by atoms with Gasteiger partial charge in [0.15, 0.2) is 9.84 Å². The Morgan fingerprint density at radius 1 is 1.17 bits per heavy atom. The van der Waals surface area contributed by atoms with Crippen molar-refractivity contribution >= 4 is 44.6 Å². The van der Waals surface area contributed by atoms with Crippen LogP contribution < -0.4 is 4.90 Å². The molecule has 2 aromatic rings. The summed E-state index contributed by atoms with van der Waals surface area (Å²) in [6.45, 7) is 0. The van der Waals surface area contributed by atoms with Crippen LogP contribution in [-0.2, 0) is 9.84 Å². The molecule has 0 aromatic heterocycles. The van der Waals surface area contributed by atoms with Gasteiger partial charge in [0.2, 0.25) is 0 Å². The molecule has 0 radical (unpaired) electrons. The van der Waals surface area contributed by atoms with Crippen LogP contribution in [0.15, 0.2) is 52.8 Å². The second kappa shape index (κ2) is 6.19. The molecule has 0 unspecified atom stereocenters. The van der Waals surface area contributed by atoms with E-state index in [0.29, 0.717) is 16.5 Å². The molecule has 3 nitrogen and oxygen atoms in total. The van der Waals surface area contributed by atoms with Gasteiger partial charge in [-0.25, -0.2) is 12.8 Å². The van der Waals surface area contributed by atoms with Crippen LogP contribution in [0.3, 0.4) is 0 Å². The highest BCUT2D eigenvalue weighted by Crippen LogP contribution is 2.36. The van der Waals surface area contributed by atoms with Gasteiger partial charge in [-0.15, -0.1) is 11.8 Å². The molecule has 0 atom stereocenters. The first-order valence-corrected chi connectivity index (χ1v) is 10.0. The van der Waals surface area contributed by atoms with Gasteiger partial charge in [-0.05, 0) is 41.8 Å². The maximum Gasteiger partial charge on any atom is 0.178 e. The molecule has 1 aliphatic rings. The highest BCUT2D eigenvalue weighted by atomic mass is 35.5. The van der Waals surface area contributed by atoms with Crippen LogP contribution in [0, 0.1) is 5.82 Å². The van der Waals surface area contributed by atoms with E-state index in [1.807, 2.05) is 22.4 Å². The molecule has 120 valence electrons. The quantitative estimate of drug-likeness (QED) is 0.804. The van der Waals surface area contributed by atoms with E-state index in [4.69, 9.17) is 11.6 Å². The Bertz CT molecular complexity index is 879. The van der Waals surface area contributed by atoms with E-state index in [9.17, 15) is 12.8 Å². The van der Waals surface area contributed by atoms with E-state index in [1.165, 1.54) is 12.1 Å². The minimum Gasteiger partial charge on any atom is -0.330 e. The Labute approximate surface area is 143 Å². The van der Waals surface area contributed by atoms with Gasteiger partial charge in [-0.2, -0.15) is 0 Å². The average Bonchev–Trinajstić information content (AvgIpc) is 2.96. The van der Waals surface area contributed by atoms with Gasteiger partial charge in [-0.3, -0.25) is 0 Å². The zero-order valence-corrected chi connectivity index (χ0v) is 14.6. The number of hydrogen-bond acceptors (Lipinski definition) is 4. The number of nitrogens with zero attached hydrogens (tertiary/aromatic N) is 1. The van der Waals surface area contributed by atoms with Crippen LogP contribution in [0.2, 0.25) is 5.02 Å². The normalized spacial score (nSPS) is 14.9. The fourth-order valence-corrected chi connectivity index (χ4v) is 4.13. The van der Waals surface area contributed by atoms with Crippen LogP contribution in [0.25, 0.3) is 5.70 Å². The molecule has 7 heteroatoms. The van der Waals surface area contributed by atoms with E-state index in [-0.39, 0.29) is 4.90 Å². The Kier molecular flexibility index (Phi) is 4.40. The highest BCUT2D eigenvalue weighted by molar-refractivity contribution is 8.02. The number of hydrogen-bond donors (Lipinski definition) is 0. The van der Waals surface area contributed by atoms with E-state index >= 15 is 0 Å². The monoisotopic (exact) mass is 369 g/mol. The third kappa shape index (κ3) is 3.39. The zero-order chi connectivity index (χ0) is 16.6. The van der Waals surface area contributed by atoms with E-state index in [2.05, 4.69) is 0 Å². The van der Waals surface area contributed by atoms with E-state index in [1.54, 1.807) is 30.0 Å². The number of thioether (sulfide) groups is 1. The van der Waals surface area contributed by atoms with Crippen molar-refractivity contribution in [2.45, 2.75) is 4.90 Å². The molecular formula is C16H13ClFNO2S2. The minimum absolute atomic E-state index is 0.287. The molecule has 0 amide bonds. The predicted octanol–water partition coefficient (Wildman–Crippen LogP) is 4.39. The summed E-state index contributed by atoms with van der Waals surface area (Å²) in [5.74, 6) is -0.0364. The molecule has 0 spiro atoms. The number of benzene rings is 2. The van der Waals surface area contributed by atoms with Crippen LogP contribution in [0.4, 0.5) is 10.1 Å². The Morgan fingerprint density at radius 3 is 2.48 bits per heavy atom. The molecule has 0 bridgehead atoms. The minimum atomic E-state index is -3.57.